The van der Waals surface area contributed by atoms with Gasteiger partial charge >= 0.3 is 0 Å². The molecule has 2 unspecified atom stereocenters. The van der Waals surface area contributed by atoms with Gasteiger partial charge < -0.3 is 15.7 Å². The zero-order chi connectivity index (χ0) is 27.5. The lowest BCUT2D eigenvalue weighted by Gasteiger charge is -2.36. The Hall–Kier alpha value is -3.70. The Morgan fingerprint density at radius 1 is 1.07 bits per heavy atom. The third kappa shape index (κ3) is 5.90. The molecule has 4 heterocycles. The number of aliphatic hydroxyl groups excluding tert-OH is 1. The van der Waals surface area contributed by atoms with E-state index >= 15 is 0 Å². The normalized spacial score (nSPS) is 18.0. The van der Waals surface area contributed by atoms with Crippen LogP contribution in [0, 0.1) is 0 Å². The Morgan fingerprint density at radius 2 is 1.95 bits per heavy atom. The van der Waals surface area contributed by atoms with E-state index in [9.17, 15) is 5.11 Å². The number of anilines is 2. The highest BCUT2D eigenvalue weighted by Gasteiger charge is 2.28. The van der Waals surface area contributed by atoms with Gasteiger partial charge in [0.15, 0.2) is 5.82 Å². The number of fused-ring (bicyclic) bond motifs is 1. The lowest BCUT2D eigenvalue weighted by Crippen LogP contribution is -2.52. The van der Waals surface area contributed by atoms with Crippen molar-refractivity contribution in [2.45, 2.75) is 51.4 Å². The van der Waals surface area contributed by atoms with Crippen LogP contribution in [0.5, 0.6) is 0 Å². The predicted molar refractivity (Wildman–Crippen MR) is 159 cm³/mol. The number of nitrogens with one attached hydrogen (secondary N) is 2. The molecule has 2 atom stereocenters. The molecule has 6 rings (SSSR count). The maximum Gasteiger partial charge on any atom is 0.158 e. The van der Waals surface area contributed by atoms with Gasteiger partial charge in [0, 0.05) is 55.6 Å². The molecular formula is C30H34N8OS. The van der Waals surface area contributed by atoms with Gasteiger partial charge in [-0.2, -0.15) is 5.10 Å². The van der Waals surface area contributed by atoms with E-state index in [1.807, 2.05) is 41.0 Å². The molecule has 1 aliphatic heterocycles. The fraction of sp³-hybridized carbons (Fsp3) is 0.333. The van der Waals surface area contributed by atoms with E-state index < -0.39 is 6.10 Å². The molecule has 0 radical (unpaired) electrons. The molecule has 3 aromatic heterocycles. The minimum absolute atomic E-state index is 0.0831. The number of aliphatic hydroxyl groups is 1. The number of piperidine rings is 1. The van der Waals surface area contributed by atoms with Crippen molar-refractivity contribution in [3.8, 4) is 10.6 Å². The number of nitrogens with zero attached hydrogens (tertiary/aromatic N) is 6. The van der Waals surface area contributed by atoms with Gasteiger partial charge in [0.05, 0.1) is 6.10 Å². The SMILES string of the molecule is CC(C)c1nnc(-c2cccc(Nc3ncnn4ccc(CN5CCC(NCc6ccccc6)C(O)C5)c34)c2)s1. The van der Waals surface area contributed by atoms with Crippen molar-refractivity contribution in [2.75, 3.05) is 18.4 Å². The van der Waals surface area contributed by atoms with Crippen LogP contribution in [0.15, 0.2) is 73.2 Å². The molecule has 9 nitrogen and oxygen atoms in total. The highest BCUT2D eigenvalue weighted by Crippen LogP contribution is 2.31. The summed E-state index contributed by atoms with van der Waals surface area (Å²) in [6.45, 7) is 7.25. The molecule has 0 aliphatic carbocycles. The maximum atomic E-state index is 10.9. The molecule has 0 spiro atoms. The molecule has 0 bridgehead atoms. The van der Waals surface area contributed by atoms with Crippen molar-refractivity contribution in [1.29, 1.82) is 0 Å². The topological polar surface area (TPSA) is 104 Å². The lowest BCUT2D eigenvalue weighted by molar-refractivity contribution is 0.0367. The molecule has 1 fully saturated rings. The van der Waals surface area contributed by atoms with Gasteiger partial charge in [-0.1, -0.05) is 67.6 Å². The Balaban J connectivity index is 1.15. The van der Waals surface area contributed by atoms with Crippen LogP contribution in [-0.4, -0.2) is 60.0 Å². The van der Waals surface area contributed by atoms with E-state index in [-0.39, 0.29) is 6.04 Å². The Kier molecular flexibility index (Phi) is 7.83. The number of likely N-dealkylation sites (tertiary alicyclic amines) is 1. The molecule has 3 N–H and O–H groups in total. The monoisotopic (exact) mass is 554 g/mol. The van der Waals surface area contributed by atoms with Crippen LogP contribution in [0.2, 0.25) is 0 Å². The second-order valence-electron chi connectivity index (χ2n) is 10.6. The molecule has 40 heavy (non-hydrogen) atoms. The maximum absolute atomic E-state index is 10.9. The third-order valence-corrected chi connectivity index (χ3v) is 8.59. The van der Waals surface area contributed by atoms with Gasteiger partial charge in [-0.05, 0) is 35.7 Å². The van der Waals surface area contributed by atoms with Crippen LogP contribution in [0.1, 0.15) is 42.3 Å². The number of benzene rings is 2. The van der Waals surface area contributed by atoms with Gasteiger partial charge in [-0.3, -0.25) is 4.90 Å². The second-order valence-corrected chi connectivity index (χ2v) is 11.6. The molecule has 5 aromatic rings. The van der Waals surface area contributed by atoms with Crippen LogP contribution < -0.4 is 10.6 Å². The summed E-state index contributed by atoms with van der Waals surface area (Å²) < 4.78 is 1.86. The highest BCUT2D eigenvalue weighted by atomic mass is 32.1. The summed E-state index contributed by atoms with van der Waals surface area (Å²) >= 11 is 1.63. The Labute approximate surface area is 237 Å². The van der Waals surface area contributed by atoms with E-state index in [4.69, 9.17) is 0 Å². The summed E-state index contributed by atoms with van der Waals surface area (Å²) in [5, 5.41) is 33.1. The molecule has 10 heteroatoms. The van der Waals surface area contributed by atoms with E-state index in [2.05, 4.69) is 80.0 Å². The molecule has 0 saturated carbocycles. The fourth-order valence-corrected chi connectivity index (χ4v) is 6.00. The average Bonchev–Trinajstić information content (AvgIpc) is 3.62. The van der Waals surface area contributed by atoms with Crippen molar-refractivity contribution in [1.82, 2.24) is 35.0 Å². The van der Waals surface area contributed by atoms with Crippen LogP contribution in [0.25, 0.3) is 16.1 Å². The van der Waals surface area contributed by atoms with Gasteiger partial charge in [0.1, 0.15) is 21.9 Å². The fourth-order valence-electron chi connectivity index (χ4n) is 5.15. The predicted octanol–water partition coefficient (Wildman–Crippen LogP) is 4.84. The summed E-state index contributed by atoms with van der Waals surface area (Å²) in [6.07, 6.45) is 3.99. The number of hydrogen-bond acceptors (Lipinski definition) is 9. The third-order valence-electron chi connectivity index (χ3n) is 7.32. The van der Waals surface area contributed by atoms with Gasteiger partial charge in [0.2, 0.25) is 0 Å². The van der Waals surface area contributed by atoms with Crippen molar-refractivity contribution in [3.63, 3.8) is 0 Å². The second kappa shape index (κ2) is 11.8. The molecule has 206 valence electrons. The quantitative estimate of drug-likeness (QED) is 0.238. The largest absolute Gasteiger partial charge is 0.390 e. The van der Waals surface area contributed by atoms with Crippen LogP contribution in [0.3, 0.4) is 0 Å². The number of rotatable bonds is 9. The van der Waals surface area contributed by atoms with E-state index in [1.165, 1.54) is 5.56 Å². The molecule has 2 aromatic carbocycles. The van der Waals surface area contributed by atoms with E-state index in [0.29, 0.717) is 19.0 Å². The number of β-amino-alcohol motifs (C(OH)–C–C–N with tert-alkyl or cyclic N) is 1. The van der Waals surface area contributed by atoms with Crippen LogP contribution in [-0.2, 0) is 13.1 Å². The number of hydrogen-bond donors (Lipinski definition) is 3. The average molecular weight is 555 g/mol. The van der Waals surface area contributed by atoms with Crippen molar-refractivity contribution >= 4 is 28.4 Å². The summed E-state index contributed by atoms with van der Waals surface area (Å²) in [6, 6.07) is 20.7. The zero-order valence-electron chi connectivity index (χ0n) is 22.7. The summed E-state index contributed by atoms with van der Waals surface area (Å²) in [5.74, 6) is 1.10. The summed E-state index contributed by atoms with van der Waals surface area (Å²) in [5.41, 5.74) is 5.23. The number of aromatic nitrogens is 5. The summed E-state index contributed by atoms with van der Waals surface area (Å²) in [4.78, 5) is 6.90. The lowest BCUT2D eigenvalue weighted by atomic mass is 10.0. The van der Waals surface area contributed by atoms with E-state index in [1.54, 1.807) is 17.7 Å². The van der Waals surface area contributed by atoms with Crippen LogP contribution in [0.4, 0.5) is 11.5 Å². The smallest absolute Gasteiger partial charge is 0.158 e. The van der Waals surface area contributed by atoms with Crippen molar-refractivity contribution in [2.24, 2.45) is 0 Å². The molecule has 1 saturated heterocycles. The Morgan fingerprint density at radius 3 is 2.75 bits per heavy atom. The highest BCUT2D eigenvalue weighted by molar-refractivity contribution is 7.14. The van der Waals surface area contributed by atoms with Gasteiger partial charge in [-0.25, -0.2) is 9.50 Å². The zero-order valence-corrected chi connectivity index (χ0v) is 23.6. The van der Waals surface area contributed by atoms with Crippen molar-refractivity contribution in [3.05, 3.63) is 89.3 Å². The molecular weight excluding hydrogens is 520 g/mol. The van der Waals surface area contributed by atoms with Crippen LogP contribution >= 0.6 is 11.3 Å². The first-order valence-electron chi connectivity index (χ1n) is 13.7. The minimum Gasteiger partial charge on any atom is -0.390 e. The van der Waals surface area contributed by atoms with E-state index in [0.717, 1.165) is 57.7 Å². The first kappa shape index (κ1) is 26.5. The van der Waals surface area contributed by atoms with Crippen molar-refractivity contribution < 1.29 is 5.11 Å². The first-order valence-corrected chi connectivity index (χ1v) is 14.5. The van der Waals surface area contributed by atoms with Gasteiger partial charge in [0.25, 0.3) is 0 Å². The summed E-state index contributed by atoms with van der Waals surface area (Å²) in [7, 11) is 0. The minimum atomic E-state index is -0.431. The standard InChI is InChI=1S/C30H34N8OS/c1-20(2)29-35-36-30(40-29)22-9-6-10-24(15-22)34-28-27-23(11-14-38(27)33-19-32-28)17-37-13-12-25(26(39)18-37)31-16-21-7-4-3-5-8-21/h3-11,14-15,19-20,25-26,31,39H,12-13,16-18H2,1-2H3,(H,32,33,34). The molecule has 1 aliphatic rings. The molecule has 0 amide bonds. The van der Waals surface area contributed by atoms with Gasteiger partial charge in [-0.15, -0.1) is 10.2 Å². The Bertz CT molecular complexity index is 1570. The first-order chi connectivity index (χ1) is 19.5.